The van der Waals surface area contributed by atoms with Crippen molar-refractivity contribution in [1.82, 2.24) is 5.32 Å². The lowest BCUT2D eigenvalue weighted by Crippen LogP contribution is -3.11. The van der Waals surface area contributed by atoms with Gasteiger partial charge in [-0.1, -0.05) is 35.9 Å². The Kier molecular flexibility index (Phi) is 5.97. The summed E-state index contributed by atoms with van der Waals surface area (Å²) in [5, 5.41) is 3.63. The van der Waals surface area contributed by atoms with E-state index >= 15 is 0 Å². The van der Waals surface area contributed by atoms with Crippen molar-refractivity contribution in [2.75, 3.05) is 13.1 Å². The molecule has 1 amide bonds. The minimum Gasteiger partial charge on any atom is -0.451 e. The first-order valence-electron chi connectivity index (χ1n) is 10.0. The molecular formula is C23H24ClN2O3+. The number of carbonyl (C=O) groups excluding carboxylic acids is 1. The van der Waals surface area contributed by atoms with Crippen molar-refractivity contribution in [1.29, 1.82) is 0 Å². The predicted octanol–water partition coefficient (Wildman–Crippen LogP) is 2.95. The molecule has 0 saturated carbocycles. The van der Waals surface area contributed by atoms with Crippen molar-refractivity contribution in [3.8, 4) is 0 Å². The first-order valence-corrected chi connectivity index (χ1v) is 10.4. The number of halogens is 1. The Labute approximate surface area is 174 Å². The monoisotopic (exact) mass is 411 g/mol. The van der Waals surface area contributed by atoms with E-state index in [9.17, 15) is 9.59 Å². The van der Waals surface area contributed by atoms with Gasteiger partial charge in [-0.15, -0.1) is 0 Å². The molecule has 1 fully saturated rings. The van der Waals surface area contributed by atoms with E-state index < -0.39 is 5.91 Å². The number of hydrogen-bond donors (Lipinski definition) is 2. The largest absolute Gasteiger partial charge is 0.451 e. The summed E-state index contributed by atoms with van der Waals surface area (Å²) in [6, 6.07) is 14.3. The maximum Gasteiger partial charge on any atom is 0.287 e. The standard InChI is InChI=1S/C23H23ClN2O3/c24-18-8-9-21-19(12-18)20(27)13-22(29-21)23(28)25-14-16-4-6-17(7-5-16)15-26-10-2-1-3-11-26/h4-9,12-13H,1-3,10-11,14-15H2,(H,25,28)/p+1. The third-order valence-electron chi connectivity index (χ3n) is 5.40. The number of nitrogens with one attached hydrogen (secondary N) is 2. The Morgan fingerprint density at radius 2 is 1.72 bits per heavy atom. The van der Waals surface area contributed by atoms with Crippen LogP contribution in [0.4, 0.5) is 0 Å². The highest BCUT2D eigenvalue weighted by Gasteiger charge is 2.14. The van der Waals surface area contributed by atoms with Gasteiger partial charge in [0.25, 0.3) is 5.91 Å². The Balaban J connectivity index is 1.38. The van der Waals surface area contributed by atoms with Crippen LogP contribution in [-0.2, 0) is 13.1 Å². The van der Waals surface area contributed by atoms with Crippen LogP contribution in [0.15, 0.2) is 57.7 Å². The molecule has 2 heterocycles. The molecule has 1 aromatic heterocycles. The van der Waals surface area contributed by atoms with Gasteiger partial charge in [-0.05, 0) is 43.0 Å². The van der Waals surface area contributed by atoms with Crippen LogP contribution in [0.1, 0.15) is 40.9 Å². The second kappa shape index (κ2) is 8.80. The molecule has 2 aromatic carbocycles. The van der Waals surface area contributed by atoms with Crippen LogP contribution in [0, 0.1) is 0 Å². The van der Waals surface area contributed by atoms with E-state index in [2.05, 4.69) is 17.4 Å². The number of benzene rings is 2. The van der Waals surface area contributed by atoms with Crippen molar-refractivity contribution in [2.24, 2.45) is 0 Å². The van der Waals surface area contributed by atoms with Gasteiger partial charge in [0.1, 0.15) is 12.1 Å². The zero-order chi connectivity index (χ0) is 20.2. The molecule has 2 N–H and O–H groups in total. The summed E-state index contributed by atoms with van der Waals surface area (Å²) >= 11 is 5.91. The Bertz CT molecular complexity index is 1070. The molecule has 0 atom stereocenters. The molecule has 1 aliphatic rings. The molecule has 1 saturated heterocycles. The van der Waals surface area contributed by atoms with E-state index in [0.29, 0.717) is 22.5 Å². The average Bonchev–Trinajstić information content (AvgIpc) is 2.74. The number of carbonyl (C=O) groups is 1. The quantitative estimate of drug-likeness (QED) is 0.678. The summed E-state index contributed by atoms with van der Waals surface area (Å²) in [7, 11) is 0. The fourth-order valence-electron chi connectivity index (χ4n) is 3.80. The summed E-state index contributed by atoms with van der Waals surface area (Å²) in [5.74, 6) is -0.420. The minimum atomic E-state index is -0.416. The van der Waals surface area contributed by atoms with E-state index in [1.807, 2.05) is 12.1 Å². The third kappa shape index (κ3) is 4.86. The highest BCUT2D eigenvalue weighted by molar-refractivity contribution is 6.31. The van der Waals surface area contributed by atoms with E-state index in [4.69, 9.17) is 16.0 Å². The summed E-state index contributed by atoms with van der Waals surface area (Å²) in [5.41, 5.74) is 2.38. The smallest absolute Gasteiger partial charge is 0.287 e. The lowest BCUT2D eigenvalue weighted by molar-refractivity contribution is -0.918. The highest BCUT2D eigenvalue weighted by atomic mass is 35.5. The van der Waals surface area contributed by atoms with Crippen LogP contribution in [0.5, 0.6) is 0 Å². The topological polar surface area (TPSA) is 63.8 Å². The molecule has 150 valence electrons. The van der Waals surface area contributed by atoms with Crippen LogP contribution in [0.3, 0.4) is 0 Å². The second-order valence-electron chi connectivity index (χ2n) is 7.60. The van der Waals surface area contributed by atoms with E-state index in [-0.39, 0.29) is 11.2 Å². The summed E-state index contributed by atoms with van der Waals surface area (Å²) in [6.45, 7) is 3.93. The molecule has 0 aliphatic carbocycles. The summed E-state index contributed by atoms with van der Waals surface area (Å²) in [4.78, 5) is 26.3. The maximum absolute atomic E-state index is 12.4. The van der Waals surface area contributed by atoms with Crippen LogP contribution >= 0.6 is 11.6 Å². The molecule has 6 heteroatoms. The number of piperidine rings is 1. The Morgan fingerprint density at radius 3 is 2.48 bits per heavy atom. The van der Waals surface area contributed by atoms with Crippen LogP contribution in [-0.4, -0.2) is 19.0 Å². The van der Waals surface area contributed by atoms with Gasteiger partial charge in [-0.25, -0.2) is 0 Å². The Morgan fingerprint density at radius 1 is 1.00 bits per heavy atom. The Hall–Kier alpha value is -2.63. The van der Waals surface area contributed by atoms with Crippen molar-refractivity contribution in [3.05, 3.63) is 80.7 Å². The molecule has 4 rings (SSSR count). The zero-order valence-corrected chi connectivity index (χ0v) is 16.9. The summed E-state index contributed by atoms with van der Waals surface area (Å²) in [6.07, 6.45) is 3.99. The fraction of sp³-hybridized carbons (Fsp3) is 0.304. The first kappa shape index (κ1) is 19.7. The number of quaternary nitrogens is 1. The third-order valence-corrected chi connectivity index (χ3v) is 5.64. The van der Waals surface area contributed by atoms with Crippen molar-refractivity contribution < 1.29 is 14.1 Å². The molecule has 5 nitrogen and oxygen atoms in total. The van der Waals surface area contributed by atoms with Crippen molar-refractivity contribution in [2.45, 2.75) is 32.4 Å². The van der Waals surface area contributed by atoms with Crippen molar-refractivity contribution >= 4 is 28.5 Å². The highest BCUT2D eigenvalue weighted by Crippen LogP contribution is 2.17. The predicted molar refractivity (Wildman–Crippen MR) is 113 cm³/mol. The maximum atomic E-state index is 12.4. The van der Waals surface area contributed by atoms with Gasteiger partial charge < -0.3 is 14.6 Å². The fourth-order valence-corrected chi connectivity index (χ4v) is 3.97. The normalized spacial score (nSPS) is 14.8. The van der Waals surface area contributed by atoms with Crippen LogP contribution in [0.2, 0.25) is 5.02 Å². The second-order valence-corrected chi connectivity index (χ2v) is 8.04. The van der Waals surface area contributed by atoms with Crippen LogP contribution in [0.25, 0.3) is 11.0 Å². The molecule has 0 spiro atoms. The lowest BCUT2D eigenvalue weighted by atomic mass is 10.1. The first-order chi connectivity index (χ1) is 14.1. The van der Waals surface area contributed by atoms with Gasteiger partial charge in [-0.2, -0.15) is 0 Å². The van der Waals surface area contributed by atoms with Crippen molar-refractivity contribution in [3.63, 3.8) is 0 Å². The van der Waals surface area contributed by atoms with Gasteiger partial charge in [0.2, 0.25) is 0 Å². The van der Waals surface area contributed by atoms with E-state index in [0.717, 1.165) is 12.1 Å². The lowest BCUT2D eigenvalue weighted by Gasteiger charge is -2.23. The SMILES string of the molecule is O=C(NCc1ccc(C[NH+]2CCCCC2)cc1)c1cc(=O)c2cc(Cl)ccc2o1. The molecule has 29 heavy (non-hydrogen) atoms. The number of hydrogen-bond acceptors (Lipinski definition) is 3. The van der Waals surface area contributed by atoms with E-state index in [1.165, 1.54) is 50.0 Å². The van der Waals surface area contributed by atoms with Gasteiger partial charge in [0.05, 0.1) is 18.5 Å². The summed E-state index contributed by atoms with van der Waals surface area (Å²) < 4.78 is 5.58. The average molecular weight is 412 g/mol. The number of likely N-dealkylation sites (tertiary alicyclic amines) is 1. The molecule has 1 aliphatic heterocycles. The molecule has 0 bridgehead atoms. The molecular weight excluding hydrogens is 388 g/mol. The number of amides is 1. The van der Waals surface area contributed by atoms with Crippen LogP contribution < -0.4 is 15.6 Å². The minimum absolute atomic E-state index is 0.00450. The zero-order valence-electron chi connectivity index (χ0n) is 16.2. The van der Waals surface area contributed by atoms with E-state index in [1.54, 1.807) is 17.0 Å². The molecule has 3 aromatic rings. The molecule has 0 radical (unpaired) electrons. The van der Waals surface area contributed by atoms with Gasteiger partial charge in [0.15, 0.2) is 11.2 Å². The van der Waals surface area contributed by atoms with Gasteiger partial charge >= 0.3 is 0 Å². The van der Waals surface area contributed by atoms with Gasteiger partial charge in [-0.3, -0.25) is 9.59 Å². The number of fused-ring (bicyclic) bond motifs is 1. The molecule has 0 unspecified atom stereocenters. The van der Waals surface area contributed by atoms with Gasteiger partial charge in [0, 0.05) is 23.2 Å². The number of rotatable bonds is 5.